The molecule has 1 fully saturated rings. The summed E-state index contributed by atoms with van der Waals surface area (Å²) in [5, 5.41) is 0. The minimum atomic E-state index is 0.270. The molecule has 0 aliphatic carbocycles. The highest BCUT2D eigenvalue weighted by atomic mass is 16.5. The van der Waals surface area contributed by atoms with E-state index in [1.807, 2.05) is 24.7 Å². The van der Waals surface area contributed by atoms with Crippen LogP contribution in [-0.2, 0) is 11.3 Å². The van der Waals surface area contributed by atoms with Gasteiger partial charge in [0.15, 0.2) is 0 Å². The SMILES string of the molecule is CC1(Cn2cncc2-c2ccnc(N)c2)CCOCC1. The number of imidazole rings is 1. The highest BCUT2D eigenvalue weighted by Crippen LogP contribution is 2.33. The Kier molecular flexibility index (Phi) is 3.44. The van der Waals surface area contributed by atoms with Crippen LogP contribution in [0.5, 0.6) is 0 Å². The molecule has 0 atom stereocenters. The summed E-state index contributed by atoms with van der Waals surface area (Å²) < 4.78 is 7.67. The molecule has 3 rings (SSSR count). The van der Waals surface area contributed by atoms with Crippen molar-refractivity contribution in [3.8, 4) is 11.3 Å². The maximum Gasteiger partial charge on any atom is 0.123 e. The van der Waals surface area contributed by atoms with Gasteiger partial charge in [0.25, 0.3) is 0 Å². The molecule has 2 aromatic rings. The van der Waals surface area contributed by atoms with Crippen LogP contribution in [0.2, 0.25) is 0 Å². The molecule has 0 spiro atoms. The lowest BCUT2D eigenvalue weighted by Gasteiger charge is -2.34. The van der Waals surface area contributed by atoms with Crippen molar-refractivity contribution < 1.29 is 4.74 Å². The van der Waals surface area contributed by atoms with Crippen molar-refractivity contribution in [2.45, 2.75) is 26.3 Å². The van der Waals surface area contributed by atoms with Gasteiger partial charge in [0.2, 0.25) is 0 Å². The Morgan fingerprint density at radius 2 is 2.20 bits per heavy atom. The van der Waals surface area contributed by atoms with E-state index in [4.69, 9.17) is 10.5 Å². The number of nitrogens with zero attached hydrogens (tertiary/aromatic N) is 3. The quantitative estimate of drug-likeness (QED) is 0.931. The molecular formula is C15H20N4O. The summed E-state index contributed by atoms with van der Waals surface area (Å²) >= 11 is 0. The first-order valence-corrected chi connectivity index (χ1v) is 6.96. The minimum absolute atomic E-state index is 0.270. The van der Waals surface area contributed by atoms with Crippen molar-refractivity contribution >= 4 is 5.82 Å². The minimum Gasteiger partial charge on any atom is -0.384 e. The molecule has 0 radical (unpaired) electrons. The molecule has 0 unspecified atom stereocenters. The van der Waals surface area contributed by atoms with Gasteiger partial charge in [-0.25, -0.2) is 9.97 Å². The van der Waals surface area contributed by atoms with Crippen LogP contribution in [0.25, 0.3) is 11.3 Å². The molecule has 20 heavy (non-hydrogen) atoms. The summed E-state index contributed by atoms with van der Waals surface area (Å²) in [7, 11) is 0. The van der Waals surface area contributed by atoms with Crippen molar-refractivity contribution in [3.63, 3.8) is 0 Å². The number of pyridine rings is 1. The predicted octanol–water partition coefficient (Wildman–Crippen LogP) is 2.34. The Labute approximate surface area is 118 Å². The first-order valence-electron chi connectivity index (χ1n) is 6.96. The maximum atomic E-state index is 5.77. The van der Waals surface area contributed by atoms with E-state index in [0.29, 0.717) is 5.82 Å². The standard InChI is InChI=1S/C15H20N4O/c1-15(3-6-20-7-4-15)10-19-11-17-9-13(19)12-2-5-18-14(16)8-12/h2,5,8-9,11H,3-4,6-7,10H2,1H3,(H2,16,18). The van der Waals surface area contributed by atoms with Crippen molar-refractivity contribution in [3.05, 3.63) is 30.9 Å². The first kappa shape index (κ1) is 13.1. The monoisotopic (exact) mass is 272 g/mol. The second-order valence-electron chi connectivity index (χ2n) is 5.80. The van der Waals surface area contributed by atoms with Gasteiger partial charge in [-0.1, -0.05) is 6.92 Å². The van der Waals surface area contributed by atoms with Gasteiger partial charge in [-0.3, -0.25) is 0 Å². The fourth-order valence-electron chi connectivity index (χ4n) is 2.73. The lowest BCUT2D eigenvalue weighted by atomic mass is 9.82. The molecule has 3 heterocycles. The fourth-order valence-corrected chi connectivity index (χ4v) is 2.73. The third kappa shape index (κ3) is 2.67. The van der Waals surface area contributed by atoms with Crippen LogP contribution in [0.15, 0.2) is 30.9 Å². The van der Waals surface area contributed by atoms with Gasteiger partial charge < -0.3 is 15.0 Å². The Balaban J connectivity index is 1.87. The van der Waals surface area contributed by atoms with Crippen LogP contribution >= 0.6 is 0 Å². The summed E-state index contributed by atoms with van der Waals surface area (Å²) in [6.07, 6.45) is 7.69. The Morgan fingerprint density at radius 3 is 2.95 bits per heavy atom. The van der Waals surface area contributed by atoms with Crippen molar-refractivity contribution in [1.29, 1.82) is 0 Å². The van der Waals surface area contributed by atoms with Gasteiger partial charge in [0, 0.05) is 31.5 Å². The molecule has 5 heteroatoms. The molecule has 0 aromatic carbocycles. The zero-order valence-electron chi connectivity index (χ0n) is 11.7. The van der Waals surface area contributed by atoms with E-state index in [1.165, 1.54) is 0 Å². The van der Waals surface area contributed by atoms with Crippen LogP contribution in [0.4, 0.5) is 5.82 Å². The van der Waals surface area contributed by atoms with Crippen LogP contribution in [0.3, 0.4) is 0 Å². The smallest absolute Gasteiger partial charge is 0.123 e. The zero-order chi connectivity index (χ0) is 14.0. The number of nitrogens with two attached hydrogens (primary N) is 1. The summed E-state index contributed by atoms with van der Waals surface area (Å²) in [4.78, 5) is 8.34. The summed E-state index contributed by atoms with van der Waals surface area (Å²) in [6, 6.07) is 3.86. The molecule has 0 bridgehead atoms. The van der Waals surface area contributed by atoms with Gasteiger partial charge in [-0.15, -0.1) is 0 Å². The van der Waals surface area contributed by atoms with E-state index in [9.17, 15) is 0 Å². The molecule has 0 amide bonds. The molecule has 1 aliphatic heterocycles. The first-order chi connectivity index (χ1) is 9.66. The van der Waals surface area contributed by atoms with E-state index in [0.717, 1.165) is 43.9 Å². The third-order valence-electron chi connectivity index (χ3n) is 4.04. The number of ether oxygens (including phenoxy) is 1. The molecule has 2 aromatic heterocycles. The second kappa shape index (κ2) is 5.25. The topological polar surface area (TPSA) is 66.0 Å². The Morgan fingerprint density at radius 1 is 1.40 bits per heavy atom. The Hall–Kier alpha value is -1.88. The van der Waals surface area contributed by atoms with Gasteiger partial charge in [-0.05, 0) is 30.4 Å². The number of hydrogen-bond acceptors (Lipinski definition) is 4. The van der Waals surface area contributed by atoms with E-state index >= 15 is 0 Å². The van der Waals surface area contributed by atoms with Crippen LogP contribution in [0, 0.1) is 5.41 Å². The normalized spacial score (nSPS) is 18.1. The maximum absolute atomic E-state index is 5.77. The van der Waals surface area contributed by atoms with E-state index in [-0.39, 0.29) is 5.41 Å². The zero-order valence-corrected chi connectivity index (χ0v) is 11.7. The number of hydrogen-bond donors (Lipinski definition) is 1. The number of rotatable bonds is 3. The van der Waals surface area contributed by atoms with E-state index in [2.05, 4.69) is 21.5 Å². The van der Waals surface area contributed by atoms with Crippen LogP contribution < -0.4 is 5.73 Å². The molecule has 5 nitrogen and oxygen atoms in total. The second-order valence-corrected chi connectivity index (χ2v) is 5.80. The van der Waals surface area contributed by atoms with E-state index in [1.54, 1.807) is 6.20 Å². The highest BCUT2D eigenvalue weighted by Gasteiger charge is 2.28. The van der Waals surface area contributed by atoms with Crippen molar-refractivity contribution in [1.82, 2.24) is 14.5 Å². The highest BCUT2D eigenvalue weighted by molar-refractivity contribution is 5.61. The molecule has 1 aliphatic rings. The van der Waals surface area contributed by atoms with Gasteiger partial charge in [0.1, 0.15) is 5.82 Å². The van der Waals surface area contributed by atoms with Gasteiger partial charge in [-0.2, -0.15) is 0 Å². The third-order valence-corrected chi connectivity index (χ3v) is 4.04. The number of aromatic nitrogens is 3. The summed E-state index contributed by atoms with van der Waals surface area (Å²) in [5.41, 5.74) is 8.19. The lowest BCUT2D eigenvalue weighted by molar-refractivity contribution is 0.0157. The molecule has 2 N–H and O–H groups in total. The fraction of sp³-hybridized carbons (Fsp3) is 0.467. The molecule has 0 saturated carbocycles. The number of nitrogen functional groups attached to an aromatic ring is 1. The predicted molar refractivity (Wildman–Crippen MR) is 78.0 cm³/mol. The van der Waals surface area contributed by atoms with Gasteiger partial charge >= 0.3 is 0 Å². The molecule has 1 saturated heterocycles. The van der Waals surface area contributed by atoms with Crippen LogP contribution in [-0.4, -0.2) is 27.7 Å². The van der Waals surface area contributed by atoms with E-state index < -0.39 is 0 Å². The molecular weight excluding hydrogens is 252 g/mol. The van der Waals surface area contributed by atoms with Crippen LogP contribution in [0.1, 0.15) is 19.8 Å². The summed E-state index contributed by atoms with van der Waals surface area (Å²) in [5.74, 6) is 0.535. The largest absolute Gasteiger partial charge is 0.384 e. The Bertz CT molecular complexity index is 587. The molecule has 106 valence electrons. The van der Waals surface area contributed by atoms with Crippen molar-refractivity contribution in [2.24, 2.45) is 5.41 Å². The van der Waals surface area contributed by atoms with Gasteiger partial charge in [0.05, 0.1) is 18.2 Å². The lowest BCUT2D eigenvalue weighted by Crippen LogP contribution is -2.31. The number of anilines is 1. The summed E-state index contributed by atoms with van der Waals surface area (Å²) in [6.45, 7) is 4.97. The van der Waals surface area contributed by atoms with Crippen molar-refractivity contribution in [2.75, 3.05) is 18.9 Å². The average Bonchev–Trinajstić information content (AvgIpc) is 2.87. The average molecular weight is 272 g/mol.